The molecule has 2 rings (SSSR count). The second-order valence-electron chi connectivity index (χ2n) is 2.34. The lowest BCUT2D eigenvalue weighted by Crippen LogP contribution is -1.95. The van der Waals surface area contributed by atoms with E-state index in [4.69, 9.17) is 4.42 Å². The number of hydrogen-bond donors (Lipinski definition) is 0. The summed E-state index contributed by atoms with van der Waals surface area (Å²) >= 11 is 1.50. The molecule has 2 nitrogen and oxygen atoms in total. The van der Waals surface area contributed by atoms with Crippen molar-refractivity contribution in [2.45, 2.75) is 6.92 Å². The number of fused-ring (bicyclic) bond motifs is 1. The van der Waals surface area contributed by atoms with Crippen LogP contribution >= 0.6 is 11.3 Å². The Morgan fingerprint density at radius 3 is 3.18 bits per heavy atom. The highest BCUT2D eigenvalue weighted by molar-refractivity contribution is 7.17. The number of furan rings is 1. The fourth-order valence-corrected chi connectivity index (χ4v) is 1.84. The highest BCUT2D eigenvalue weighted by Crippen LogP contribution is 2.18. The fourth-order valence-electron chi connectivity index (χ4n) is 0.995. The van der Waals surface area contributed by atoms with E-state index in [1.165, 1.54) is 11.3 Å². The van der Waals surface area contributed by atoms with Crippen LogP contribution in [-0.2, 0) is 0 Å². The van der Waals surface area contributed by atoms with Crippen LogP contribution in [0.4, 0.5) is 0 Å². The molecule has 0 amide bonds. The van der Waals surface area contributed by atoms with Crippen LogP contribution in [0.3, 0.4) is 0 Å². The average Bonchev–Trinajstić information content (AvgIpc) is 2.34. The molecule has 0 saturated heterocycles. The van der Waals surface area contributed by atoms with Crippen molar-refractivity contribution in [3.63, 3.8) is 0 Å². The predicted octanol–water partition coefficient (Wildman–Crippen LogP) is 2.16. The summed E-state index contributed by atoms with van der Waals surface area (Å²) in [5, 5.41) is 0.681. The van der Waals surface area contributed by atoms with Crippen molar-refractivity contribution in [3.05, 3.63) is 33.5 Å². The van der Waals surface area contributed by atoms with Crippen molar-refractivity contribution < 1.29 is 4.42 Å². The third kappa shape index (κ3) is 0.973. The van der Waals surface area contributed by atoms with Crippen LogP contribution in [0.2, 0.25) is 0 Å². The van der Waals surface area contributed by atoms with E-state index < -0.39 is 0 Å². The summed E-state index contributed by atoms with van der Waals surface area (Å²) in [4.78, 5) is 12.9. The van der Waals surface area contributed by atoms with Gasteiger partial charge in [-0.15, -0.1) is 11.3 Å². The van der Waals surface area contributed by atoms with Crippen LogP contribution in [-0.4, -0.2) is 0 Å². The Labute approximate surface area is 67.1 Å². The Balaban J connectivity index is 3.02. The molecule has 0 atom stereocenters. The first-order chi connectivity index (χ1) is 5.27. The zero-order chi connectivity index (χ0) is 7.84. The molecule has 11 heavy (non-hydrogen) atoms. The van der Waals surface area contributed by atoms with E-state index in [1.54, 1.807) is 18.4 Å². The molecule has 0 bridgehead atoms. The molecular formula is C8H6O2S. The largest absolute Gasteiger partial charge is 0.453 e. The summed E-state index contributed by atoms with van der Waals surface area (Å²) in [6.07, 6.45) is 1.54. The van der Waals surface area contributed by atoms with Gasteiger partial charge in [-0.1, -0.05) is 0 Å². The molecule has 0 aromatic carbocycles. The van der Waals surface area contributed by atoms with E-state index >= 15 is 0 Å². The molecule has 2 aromatic heterocycles. The highest BCUT2D eigenvalue weighted by Gasteiger charge is 2.01. The summed E-state index contributed by atoms with van der Waals surface area (Å²) in [6, 6.07) is 3.33. The zero-order valence-electron chi connectivity index (χ0n) is 5.96. The highest BCUT2D eigenvalue weighted by atomic mass is 32.1. The maximum atomic E-state index is 11.2. The third-order valence-electron chi connectivity index (χ3n) is 1.48. The Bertz CT molecular complexity index is 439. The van der Waals surface area contributed by atoms with Crippen LogP contribution < -0.4 is 5.43 Å². The van der Waals surface area contributed by atoms with Gasteiger partial charge in [0.1, 0.15) is 0 Å². The minimum atomic E-state index is 0.0463. The van der Waals surface area contributed by atoms with Gasteiger partial charge >= 0.3 is 0 Å². The van der Waals surface area contributed by atoms with E-state index in [0.29, 0.717) is 5.39 Å². The van der Waals surface area contributed by atoms with Gasteiger partial charge in [0.2, 0.25) is 0 Å². The first-order valence-corrected chi connectivity index (χ1v) is 4.07. The van der Waals surface area contributed by atoms with E-state index in [1.807, 2.05) is 6.92 Å². The van der Waals surface area contributed by atoms with Crippen molar-refractivity contribution in [2.24, 2.45) is 0 Å². The summed E-state index contributed by atoms with van der Waals surface area (Å²) in [5.74, 6) is 0. The molecule has 56 valence electrons. The molecular weight excluding hydrogens is 160 g/mol. The van der Waals surface area contributed by atoms with Gasteiger partial charge in [-0.25, -0.2) is 0 Å². The first kappa shape index (κ1) is 6.61. The minimum absolute atomic E-state index is 0.0463. The average molecular weight is 166 g/mol. The fraction of sp³-hybridized carbons (Fsp3) is 0.125. The summed E-state index contributed by atoms with van der Waals surface area (Å²) in [5.41, 5.74) is 0.0463. The molecule has 0 radical (unpaired) electrons. The van der Waals surface area contributed by atoms with Gasteiger partial charge in [0.25, 0.3) is 0 Å². The lowest BCUT2D eigenvalue weighted by molar-refractivity contribution is 0.623. The number of aryl methyl sites for hydroxylation is 1. The van der Waals surface area contributed by atoms with Crippen molar-refractivity contribution in [1.29, 1.82) is 0 Å². The molecule has 0 saturated carbocycles. The molecule has 0 fully saturated rings. The number of rotatable bonds is 0. The SMILES string of the molecule is Cc1cc(=O)c2ccoc2s1. The quantitative estimate of drug-likeness (QED) is 0.600. The Hall–Kier alpha value is -1.09. The van der Waals surface area contributed by atoms with Gasteiger partial charge in [-0.05, 0) is 19.1 Å². The maximum absolute atomic E-state index is 11.2. The standard InChI is InChI=1S/C8H6O2S/c1-5-4-7(9)6-2-3-10-8(6)11-5/h2-4H,1H3. The van der Waals surface area contributed by atoms with Crippen LogP contribution in [0.15, 0.2) is 27.6 Å². The Morgan fingerprint density at radius 2 is 2.36 bits per heavy atom. The normalized spacial score (nSPS) is 10.6. The van der Waals surface area contributed by atoms with Gasteiger partial charge in [0, 0.05) is 4.88 Å². The smallest absolute Gasteiger partial charge is 0.191 e. The molecule has 0 N–H and O–H groups in total. The molecule has 0 aliphatic carbocycles. The van der Waals surface area contributed by atoms with E-state index in [9.17, 15) is 4.79 Å². The van der Waals surface area contributed by atoms with Crippen LogP contribution in [0.1, 0.15) is 4.88 Å². The van der Waals surface area contributed by atoms with E-state index in [-0.39, 0.29) is 5.43 Å². The topological polar surface area (TPSA) is 30.2 Å². The monoisotopic (exact) mass is 166 g/mol. The maximum Gasteiger partial charge on any atom is 0.191 e. The minimum Gasteiger partial charge on any atom is -0.453 e. The lowest BCUT2D eigenvalue weighted by atomic mass is 10.3. The Morgan fingerprint density at radius 1 is 1.55 bits per heavy atom. The summed E-state index contributed by atoms with van der Waals surface area (Å²) < 4.78 is 5.10. The van der Waals surface area contributed by atoms with Gasteiger partial charge in [0.05, 0.1) is 11.6 Å². The lowest BCUT2D eigenvalue weighted by Gasteiger charge is -1.87. The van der Waals surface area contributed by atoms with Crippen LogP contribution in [0, 0.1) is 6.92 Å². The molecule has 0 aliphatic rings. The van der Waals surface area contributed by atoms with Gasteiger partial charge < -0.3 is 4.42 Å². The molecule has 2 aromatic rings. The molecule has 0 aliphatic heterocycles. The third-order valence-corrected chi connectivity index (χ3v) is 2.42. The summed E-state index contributed by atoms with van der Waals surface area (Å²) in [7, 11) is 0. The van der Waals surface area contributed by atoms with Crippen molar-refractivity contribution >= 4 is 21.6 Å². The van der Waals surface area contributed by atoms with Crippen molar-refractivity contribution in [3.8, 4) is 0 Å². The Kier molecular flexibility index (Phi) is 1.32. The molecule has 0 unspecified atom stereocenters. The van der Waals surface area contributed by atoms with Gasteiger partial charge in [-0.3, -0.25) is 4.79 Å². The van der Waals surface area contributed by atoms with Crippen molar-refractivity contribution in [1.82, 2.24) is 0 Å². The van der Waals surface area contributed by atoms with E-state index in [0.717, 1.165) is 9.77 Å². The van der Waals surface area contributed by atoms with Gasteiger partial charge in [-0.2, -0.15) is 0 Å². The first-order valence-electron chi connectivity index (χ1n) is 3.25. The molecule has 3 heteroatoms. The second-order valence-corrected chi connectivity index (χ2v) is 3.56. The molecule has 0 spiro atoms. The van der Waals surface area contributed by atoms with Gasteiger partial charge in [0.15, 0.2) is 10.3 Å². The van der Waals surface area contributed by atoms with Crippen molar-refractivity contribution in [2.75, 3.05) is 0 Å². The molecule has 2 heterocycles. The van der Waals surface area contributed by atoms with Crippen LogP contribution in [0.25, 0.3) is 10.3 Å². The second kappa shape index (κ2) is 2.20. The van der Waals surface area contributed by atoms with Crippen LogP contribution in [0.5, 0.6) is 0 Å². The number of hydrogen-bond acceptors (Lipinski definition) is 3. The van der Waals surface area contributed by atoms with E-state index in [2.05, 4.69) is 0 Å². The zero-order valence-corrected chi connectivity index (χ0v) is 6.77. The summed E-state index contributed by atoms with van der Waals surface area (Å²) in [6.45, 7) is 1.90. The predicted molar refractivity (Wildman–Crippen MR) is 45.1 cm³/mol.